The van der Waals surface area contributed by atoms with Crippen LogP contribution < -0.4 is 5.73 Å². The number of rotatable bonds is 4. The molecule has 0 bridgehead atoms. The number of benzene rings is 2. The molecule has 1 unspecified atom stereocenters. The first-order valence-corrected chi connectivity index (χ1v) is 6.14. The lowest BCUT2D eigenvalue weighted by Crippen LogP contribution is -2.20. The maximum atomic E-state index is 13.9. The molecule has 0 heterocycles. The van der Waals surface area contributed by atoms with Crippen LogP contribution in [0.2, 0.25) is 0 Å². The van der Waals surface area contributed by atoms with E-state index in [2.05, 4.69) is 0 Å². The molecule has 1 atom stereocenters. The van der Waals surface area contributed by atoms with E-state index >= 15 is 0 Å². The molecule has 2 rings (SSSR count). The molecule has 0 aromatic heterocycles. The molecule has 2 N–H and O–H groups in total. The highest BCUT2D eigenvalue weighted by Gasteiger charge is 2.23. The van der Waals surface area contributed by atoms with Gasteiger partial charge in [0.15, 0.2) is 5.78 Å². The lowest BCUT2D eigenvalue weighted by atomic mass is 9.94. The van der Waals surface area contributed by atoms with E-state index < -0.39 is 12.1 Å². The second-order valence-electron chi connectivity index (χ2n) is 4.55. The zero-order valence-corrected chi connectivity index (χ0v) is 11.0. The van der Waals surface area contributed by atoms with E-state index in [1.165, 1.54) is 12.1 Å². The predicted octanol–water partition coefficient (Wildman–Crippen LogP) is 2.72. The van der Waals surface area contributed by atoms with Crippen LogP contribution in [0.5, 0.6) is 0 Å². The molecule has 4 heteroatoms. The molecule has 102 valence electrons. The third-order valence-corrected chi connectivity index (χ3v) is 3.01. The molecule has 3 nitrogen and oxygen atoms in total. The van der Waals surface area contributed by atoms with Crippen LogP contribution in [0.4, 0.5) is 4.39 Å². The number of amides is 1. The second-order valence-corrected chi connectivity index (χ2v) is 4.55. The van der Waals surface area contributed by atoms with Crippen LogP contribution in [0.3, 0.4) is 0 Å². The first-order valence-electron chi connectivity index (χ1n) is 6.14. The van der Waals surface area contributed by atoms with Crippen molar-refractivity contribution in [2.45, 2.75) is 13.1 Å². The average molecular weight is 271 g/mol. The van der Waals surface area contributed by atoms with E-state index in [-0.39, 0.29) is 16.9 Å². The molecule has 1 amide bonds. The van der Waals surface area contributed by atoms with Gasteiger partial charge in [0.25, 0.3) is 5.91 Å². The summed E-state index contributed by atoms with van der Waals surface area (Å²) in [7, 11) is 0. The second kappa shape index (κ2) is 5.65. The minimum atomic E-state index is -1.99. The monoisotopic (exact) mass is 271 g/mol. The number of carbonyl (C=O) groups is 2. The first kappa shape index (κ1) is 13.9. The fraction of sp³-hybridized carbons (Fsp3) is 0.125. The van der Waals surface area contributed by atoms with E-state index in [0.29, 0.717) is 5.56 Å². The quantitative estimate of drug-likeness (QED) is 0.869. The zero-order chi connectivity index (χ0) is 14.7. The minimum absolute atomic E-state index is 0.0198. The van der Waals surface area contributed by atoms with Gasteiger partial charge in [0.05, 0.1) is 0 Å². The molecule has 0 aliphatic rings. The van der Waals surface area contributed by atoms with Gasteiger partial charge in [0, 0.05) is 16.7 Å². The van der Waals surface area contributed by atoms with Gasteiger partial charge in [-0.1, -0.05) is 54.1 Å². The number of primary amides is 1. The number of aryl methyl sites for hydroxylation is 1. The fourth-order valence-electron chi connectivity index (χ4n) is 2.00. The van der Waals surface area contributed by atoms with E-state index in [1.807, 2.05) is 0 Å². The van der Waals surface area contributed by atoms with E-state index in [0.717, 1.165) is 5.56 Å². The maximum Gasteiger partial charge on any atom is 0.256 e. The summed E-state index contributed by atoms with van der Waals surface area (Å²) in [6.45, 7) is 1.76. The van der Waals surface area contributed by atoms with Crippen LogP contribution in [-0.4, -0.2) is 11.7 Å². The molecule has 0 saturated carbocycles. The van der Waals surface area contributed by atoms with E-state index in [9.17, 15) is 14.0 Å². The SMILES string of the molecule is Cc1ccc(C(=O)c2ccccc2)c(C(F)C(N)=O)c1. The smallest absolute Gasteiger partial charge is 0.256 e. The molecule has 0 aliphatic heterocycles. The Kier molecular flexibility index (Phi) is 3.94. The van der Waals surface area contributed by atoms with Gasteiger partial charge < -0.3 is 5.73 Å². The van der Waals surface area contributed by atoms with Gasteiger partial charge in [0.1, 0.15) is 0 Å². The summed E-state index contributed by atoms with van der Waals surface area (Å²) in [5.41, 5.74) is 6.38. The topological polar surface area (TPSA) is 60.2 Å². The Balaban J connectivity index is 2.52. The van der Waals surface area contributed by atoms with Crippen molar-refractivity contribution in [3.63, 3.8) is 0 Å². The van der Waals surface area contributed by atoms with Gasteiger partial charge in [-0.3, -0.25) is 9.59 Å². The number of hydrogen-bond acceptors (Lipinski definition) is 2. The third-order valence-electron chi connectivity index (χ3n) is 3.01. The molecule has 0 fully saturated rings. The highest BCUT2D eigenvalue weighted by atomic mass is 19.1. The van der Waals surface area contributed by atoms with Gasteiger partial charge >= 0.3 is 0 Å². The van der Waals surface area contributed by atoms with Gasteiger partial charge in [-0.25, -0.2) is 4.39 Å². The van der Waals surface area contributed by atoms with E-state index in [1.54, 1.807) is 43.3 Å². The number of carbonyl (C=O) groups excluding carboxylic acids is 2. The standard InChI is InChI=1S/C16H14FNO2/c1-10-7-8-12(13(9-10)14(17)16(18)20)15(19)11-5-3-2-4-6-11/h2-9,14H,1H3,(H2,18,20). The Morgan fingerprint density at radius 2 is 1.75 bits per heavy atom. The molecular formula is C16H14FNO2. The minimum Gasteiger partial charge on any atom is -0.367 e. The average Bonchev–Trinajstić information content (AvgIpc) is 2.46. The van der Waals surface area contributed by atoms with Gasteiger partial charge in [-0.15, -0.1) is 0 Å². The summed E-state index contributed by atoms with van der Waals surface area (Å²) < 4.78 is 13.9. The number of nitrogens with two attached hydrogens (primary N) is 1. The van der Waals surface area contributed by atoms with Crippen LogP contribution in [0, 0.1) is 6.92 Å². The fourth-order valence-corrected chi connectivity index (χ4v) is 2.00. The van der Waals surface area contributed by atoms with Crippen LogP contribution in [0.1, 0.15) is 33.2 Å². The van der Waals surface area contributed by atoms with Crippen LogP contribution in [0.15, 0.2) is 48.5 Å². The molecule has 2 aromatic carbocycles. The van der Waals surface area contributed by atoms with Crippen molar-refractivity contribution in [3.05, 3.63) is 70.8 Å². The Labute approximate surface area is 116 Å². The summed E-state index contributed by atoms with van der Waals surface area (Å²) in [5.74, 6) is -1.43. The summed E-state index contributed by atoms with van der Waals surface area (Å²) in [6.07, 6.45) is -1.99. The highest BCUT2D eigenvalue weighted by molar-refractivity contribution is 6.10. The number of halogens is 1. The van der Waals surface area contributed by atoms with Crippen LogP contribution in [-0.2, 0) is 4.79 Å². The van der Waals surface area contributed by atoms with Gasteiger partial charge in [-0.05, 0) is 6.92 Å². The molecule has 0 spiro atoms. The van der Waals surface area contributed by atoms with Crippen molar-refractivity contribution in [3.8, 4) is 0 Å². The van der Waals surface area contributed by atoms with Crippen molar-refractivity contribution in [2.24, 2.45) is 5.73 Å². The Morgan fingerprint density at radius 1 is 1.10 bits per heavy atom. The predicted molar refractivity (Wildman–Crippen MR) is 74.1 cm³/mol. The summed E-state index contributed by atoms with van der Waals surface area (Å²) in [4.78, 5) is 23.4. The van der Waals surface area contributed by atoms with Gasteiger partial charge in [0.2, 0.25) is 6.17 Å². The Hall–Kier alpha value is -2.49. The lowest BCUT2D eigenvalue weighted by molar-refractivity contribution is -0.122. The number of hydrogen-bond donors (Lipinski definition) is 1. The Bertz CT molecular complexity index is 653. The van der Waals surface area contributed by atoms with Crippen molar-refractivity contribution in [2.75, 3.05) is 0 Å². The molecular weight excluding hydrogens is 257 g/mol. The molecule has 2 aromatic rings. The number of alkyl halides is 1. The van der Waals surface area contributed by atoms with Gasteiger partial charge in [-0.2, -0.15) is 0 Å². The highest BCUT2D eigenvalue weighted by Crippen LogP contribution is 2.25. The largest absolute Gasteiger partial charge is 0.367 e. The summed E-state index contributed by atoms with van der Waals surface area (Å²) in [6, 6.07) is 13.2. The first-order chi connectivity index (χ1) is 9.50. The Morgan fingerprint density at radius 3 is 2.35 bits per heavy atom. The van der Waals surface area contributed by atoms with Crippen molar-refractivity contribution >= 4 is 11.7 Å². The van der Waals surface area contributed by atoms with Crippen molar-refractivity contribution < 1.29 is 14.0 Å². The van der Waals surface area contributed by atoms with Crippen molar-refractivity contribution in [1.29, 1.82) is 0 Å². The summed E-state index contributed by atoms with van der Waals surface area (Å²) in [5, 5.41) is 0. The lowest BCUT2D eigenvalue weighted by Gasteiger charge is -2.12. The third kappa shape index (κ3) is 2.74. The molecule has 0 aliphatic carbocycles. The molecule has 0 radical (unpaired) electrons. The van der Waals surface area contributed by atoms with Crippen molar-refractivity contribution in [1.82, 2.24) is 0 Å². The zero-order valence-electron chi connectivity index (χ0n) is 11.0. The van der Waals surface area contributed by atoms with Crippen LogP contribution >= 0.6 is 0 Å². The van der Waals surface area contributed by atoms with Crippen LogP contribution in [0.25, 0.3) is 0 Å². The molecule has 0 saturated heterocycles. The number of ketones is 1. The van der Waals surface area contributed by atoms with E-state index in [4.69, 9.17) is 5.73 Å². The normalized spacial score (nSPS) is 11.9. The molecule has 20 heavy (non-hydrogen) atoms. The maximum absolute atomic E-state index is 13.9. The summed E-state index contributed by atoms with van der Waals surface area (Å²) >= 11 is 0.